The number of carbonyl (C=O) groups is 2. The molecular weight excluding hydrogens is 629 g/mol. The lowest BCUT2D eigenvalue weighted by molar-refractivity contribution is -0.135. The van der Waals surface area contributed by atoms with E-state index in [4.69, 9.17) is 18.6 Å². The molecule has 1 amide bonds. The number of aromatic nitrogens is 2. The first-order chi connectivity index (χ1) is 22.8. The van der Waals surface area contributed by atoms with Crippen molar-refractivity contribution in [3.8, 4) is 17.3 Å². The van der Waals surface area contributed by atoms with Gasteiger partial charge in [-0.1, -0.05) is 58.0 Å². The Morgan fingerprint density at radius 3 is 2.58 bits per heavy atom. The third-order valence-electron chi connectivity index (χ3n) is 9.38. The van der Waals surface area contributed by atoms with E-state index in [0.717, 1.165) is 23.1 Å². The second kappa shape index (κ2) is 11.5. The highest BCUT2D eigenvalue weighted by atomic mass is 19.4. The predicted molar refractivity (Wildman–Crippen MR) is 166 cm³/mol. The molecule has 1 spiro atoms. The Kier molecular flexibility index (Phi) is 7.65. The van der Waals surface area contributed by atoms with Crippen molar-refractivity contribution in [2.45, 2.75) is 76.9 Å². The summed E-state index contributed by atoms with van der Waals surface area (Å²) >= 11 is 0. The van der Waals surface area contributed by atoms with E-state index < -0.39 is 54.0 Å². The Morgan fingerprint density at radius 2 is 1.85 bits per heavy atom. The van der Waals surface area contributed by atoms with Crippen molar-refractivity contribution in [1.29, 1.82) is 0 Å². The Morgan fingerprint density at radius 1 is 1.08 bits per heavy atom. The molecule has 0 fully saturated rings. The van der Waals surface area contributed by atoms with E-state index in [-0.39, 0.29) is 53.6 Å². The average Bonchev–Trinajstić information content (AvgIpc) is 3.78. The zero-order valence-corrected chi connectivity index (χ0v) is 26.7. The molecule has 2 aromatic carbocycles. The molecular formula is C35H35F3N4O6. The van der Waals surface area contributed by atoms with Crippen LogP contribution in [-0.2, 0) is 27.8 Å². The lowest BCUT2D eigenvalue weighted by Gasteiger charge is -2.28. The zero-order chi connectivity index (χ0) is 34.1. The van der Waals surface area contributed by atoms with E-state index in [0.29, 0.717) is 11.3 Å². The average molecular weight is 665 g/mol. The first-order valence-electron chi connectivity index (χ1n) is 16.0. The number of alkyl halides is 3. The number of carbonyl (C=O) groups excluding carboxylic acids is 2. The van der Waals surface area contributed by atoms with Crippen LogP contribution in [0.1, 0.15) is 74.2 Å². The number of anilines is 1. The van der Waals surface area contributed by atoms with Crippen LogP contribution in [-0.4, -0.2) is 45.3 Å². The van der Waals surface area contributed by atoms with Crippen LogP contribution in [0.5, 0.6) is 5.75 Å². The van der Waals surface area contributed by atoms with Crippen LogP contribution in [0.15, 0.2) is 57.6 Å². The maximum Gasteiger partial charge on any atom is 0.394 e. The molecule has 3 aliphatic heterocycles. The van der Waals surface area contributed by atoms with Crippen LogP contribution < -0.4 is 15.4 Å². The van der Waals surface area contributed by atoms with Gasteiger partial charge in [0.1, 0.15) is 29.6 Å². The number of fused-ring (bicyclic) bond motifs is 4. The van der Waals surface area contributed by atoms with Gasteiger partial charge in [-0.3, -0.25) is 9.59 Å². The molecule has 4 aromatic rings. The van der Waals surface area contributed by atoms with Crippen molar-refractivity contribution in [1.82, 2.24) is 15.3 Å². The SMILES string of the molecule is CC(C)[C@H](O)C(=O)CC1Cc2ccc3c(c2)C2(c4ccccc4N[C@H]2O3)c2oc(nc2-c2nc(CC(F)(F)F)co2)[C@H](C(C)C)NC1=O. The Labute approximate surface area is 274 Å². The van der Waals surface area contributed by atoms with E-state index in [9.17, 15) is 27.9 Å². The number of halogens is 3. The topological polar surface area (TPSA) is 140 Å². The van der Waals surface area contributed by atoms with Crippen LogP contribution in [0.25, 0.3) is 11.6 Å². The van der Waals surface area contributed by atoms with Crippen molar-refractivity contribution >= 4 is 17.4 Å². The third kappa shape index (κ3) is 5.24. The van der Waals surface area contributed by atoms with Crippen LogP contribution in [0.3, 0.4) is 0 Å². The molecule has 3 aliphatic rings. The number of benzene rings is 2. The van der Waals surface area contributed by atoms with E-state index in [1.54, 1.807) is 19.9 Å². The number of amides is 1. The molecule has 0 aliphatic carbocycles. The fourth-order valence-electron chi connectivity index (χ4n) is 7.00. The van der Waals surface area contributed by atoms with Crippen LogP contribution >= 0.6 is 0 Å². The Balaban J connectivity index is 1.46. The molecule has 5 atom stereocenters. The van der Waals surface area contributed by atoms with Crippen LogP contribution in [0.2, 0.25) is 0 Å². The molecule has 7 rings (SSSR count). The summed E-state index contributed by atoms with van der Waals surface area (Å²) in [7, 11) is 0. The van der Waals surface area contributed by atoms with Gasteiger partial charge in [-0.05, 0) is 41.5 Å². The number of ketones is 1. The van der Waals surface area contributed by atoms with Crippen LogP contribution in [0.4, 0.5) is 18.9 Å². The molecule has 252 valence electrons. The molecule has 2 aromatic heterocycles. The van der Waals surface area contributed by atoms with E-state index >= 15 is 0 Å². The highest BCUT2D eigenvalue weighted by molar-refractivity contribution is 5.89. The van der Waals surface area contributed by atoms with E-state index in [1.165, 1.54) is 0 Å². The van der Waals surface area contributed by atoms with Crippen molar-refractivity contribution in [2.75, 3.05) is 5.32 Å². The lowest BCUT2D eigenvalue weighted by Crippen LogP contribution is -2.41. The van der Waals surface area contributed by atoms with Crippen molar-refractivity contribution in [3.63, 3.8) is 0 Å². The fourth-order valence-corrected chi connectivity index (χ4v) is 7.00. The number of aliphatic hydroxyl groups excluding tert-OH is 1. The van der Waals surface area contributed by atoms with Crippen molar-refractivity contribution < 1.29 is 41.4 Å². The van der Waals surface area contributed by atoms with Gasteiger partial charge in [0.25, 0.3) is 0 Å². The quantitative estimate of drug-likeness (QED) is 0.221. The number of oxazole rings is 2. The lowest BCUT2D eigenvalue weighted by atomic mass is 9.72. The molecule has 0 saturated carbocycles. The van der Waals surface area contributed by atoms with Gasteiger partial charge in [0, 0.05) is 23.6 Å². The molecule has 5 heterocycles. The maximum absolute atomic E-state index is 14.0. The number of hydrogen-bond acceptors (Lipinski definition) is 9. The molecule has 4 bridgehead atoms. The number of aliphatic hydroxyl groups is 1. The van der Waals surface area contributed by atoms with Gasteiger partial charge in [-0.15, -0.1) is 0 Å². The minimum atomic E-state index is -4.51. The molecule has 2 unspecified atom stereocenters. The fraction of sp³-hybridized carbons (Fsp3) is 0.429. The number of nitrogens with one attached hydrogen (secondary N) is 2. The normalized spacial score (nSPS) is 23.5. The second-order valence-corrected chi connectivity index (χ2v) is 13.5. The maximum atomic E-state index is 14.0. The Bertz CT molecular complexity index is 1900. The van der Waals surface area contributed by atoms with Crippen LogP contribution in [0, 0.1) is 17.8 Å². The van der Waals surface area contributed by atoms with Gasteiger partial charge in [0.15, 0.2) is 23.5 Å². The summed E-state index contributed by atoms with van der Waals surface area (Å²) in [6, 6.07) is 12.3. The van der Waals surface area contributed by atoms with Crippen molar-refractivity contribution in [3.05, 3.63) is 82.8 Å². The number of Topliss-reactive ketones (excluding diaryl/α,β-unsaturated/α-hetero) is 1. The summed E-state index contributed by atoms with van der Waals surface area (Å²) in [6.07, 6.45) is -6.81. The number of rotatable bonds is 7. The molecule has 10 nitrogen and oxygen atoms in total. The molecule has 48 heavy (non-hydrogen) atoms. The summed E-state index contributed by atoms with van der Waals surface area (Å²) in [5.41, 5.74) is 1.54. The summed E-state index contributed by atoms with van der Waals surface area (Å²) < 4.78 is 58.8. The molecule has 0 radical (unpaired) electrons. The van der Waals surface area contributed by atoms with E-state index in [1.807, 2.05) is 50.2 Å². The Hall–Kier alpha value is -4.65. The molecule has 13 heteroatoms. The van der Waals surface area contributed by atoms with E-state index in [2.05, 4.69) is 15.6 Å². The highest BCUT2D eigenvalue weighted by Gasteiger charge is 2.61. The van der Waals surface area contributed by atoms with Gasteiger partial charge in [0.05, 0.1) is 12.1 Å². The van der Waals surface area contributed by atoms with Gasteiger partial charge in [-0.25, -0.2) is 9.97 Å². The first-order valence-corrected chi connectivity index (χ1v) is 16.0. The van der Waals surface area contributed by atoms with Gasteiger partial charge in [0.2, 0.25) is 17.7 Å². The number of para-hydroxylation sites is 1. The number of nitrogens with zero attached hydrogens (tertiary/aromatic N) is 2. The summed E-state index contributed by atoms with van der Waals surface area (Å²) in [4.78, 5) is 36.1. The molecule has 3 N–H and O–H groups in total. The zero-order valence-electron chi connectivity index (χ0n) is 26.7. The largest absolute Gasteiger partial charge is 0.469 e. The highest BCUT2D eigenvalue weighted by Crippen LogP contribution is 2.59. The second-order valence-electron chi connectivity index (χ2n) is 13.5. The summed E-state index contributed by atoms with van der Waals surface area (Å²) in [5.74, 6) is -1.60. The predicted octanol–water partition coefficient (Wildman–Crippen LogP) is 5.87. The van der Waals surface area contributed by atoms with Gasteiger partial charge in [-0.2, -0.15) is 13.2 Å². The third-order valence-corrected chi connectivity index (χ3v) is 9.38. The minimum absolute atomic E-state index is 0.0784. The molecule has 0 saturated heterocycles. The standard InChI is InChI=1S/C35H35F3N4O6/c1-16(2)26-32-42-27(31-39-20(15-46-31)14-34(36,37)38)29(48-32)35-21-7-5-6-8-23(21)40-33(35)47-25-10-9-18(12-22(25)35)11-19(30(45)41-26)13-24(43)28(44)17(3)4/h5-10,12,15-17,19,26,28,33,40,44H,11,13-14H2,1-4H3,(H,41,45)/t19?,26-,28-,33-,35?/m0/s1. The number of ether oxygens (including phenoxy) is 1. The minimum Gasteiger partial charge on any atom is -0.469 e. The number of hydrogen-bond donors (Lipinski definition) is 3. The first kappa shape index (κ1) is 31.9. The van der Waals surface area contributed by atoms with Crippen molar-refractivity contribution in [2.24, 2.45) is 17.8 Å². The van der Waals surface area contributed by atoms with Gasteiger partial charge >= 0.3 is 6.18 Å². The monoisotopic (exact) mass is 664 g/mol. The van der Waals surface area contributed by atoms with Gasteiger partial charge < -0.3 is 29.3 Å². The smallest absolute Gasteiger partial charge is 0.394 e. The summed E-state index contributed by atoms with van der Waals surface area (Å²) in [5, 5.41) is 17.0. The summed E-state index contributed by atoms with van der Waals surface area (Å²) in [6.45, 7) is 7.20.